The van der Waals surface area contributed by atoms with Crippen molar-refractivity contribution < 1.29 is 4.79 Å². The van der Waals surface area contributed by atoms with Gasteiger partial charge in [-0.25, -0.2) is 4.79 Å². The zero-order valence-electron chi connectivity index (χ0n) is 9.44. The lowest BCUT2D eigenvalue weighted by molar-refractivity contribution is 0.252. The van der Waals surface area contributed by atoms with E-state index in [0.717, 1.165) is 24.2 Å². The highest BCUT2D eigenvalue weighted by molar-refractivity contribution is 5.94. The van der Waals surface area contributed by atoms with Crippen molar-refractivity contribution in [2.75, 3.05) is 18.0 Å². The summed E-state index contributed by atoms with van der Waals surface area (Å²) in [5.41, 5.74) is 7.92. The number of nitrogens with one attached hydrogen (secondary N) is 1. The molecule has 0 radical (unpaired) electrons. The first kappa shape index (κ1) is 11.0. The maximum atomic E-state index is 11.6. The molecule has 86 valence electrons. The van der Waals surface area contributed by atoms with E-state index in [1.54, 1.807) is 4.90 Å². The van der Waals surface area contributed by atoms with E-state index in [-0.39, 0.29) is 12.1 Å². The topological polar surface area (TPSA) is 58.4 Å². The highest BCUT2D eigenvalue weighted by Gasteiger charge is 2.23. The SMILES string of the molecule is CC(N)Cc1ccccc1N1CCNC1=O. The molecule has 1 saturated heterocycles. The number of carbonyl (C=O) groups is 1. The Labute approximate surface area is 95.4 Å². The summed E-state index contributed by atoms with van der Waals surface area (Å²) in [7, 11) is 0. The number of carbonyl (C=O) groups excluding carboxylic acids is 1. The Balaban J connectivity index is 2.28. The van der Waals surface area contributed by atoms with Crippen LogP contribution in [0.4, 0.5) is 10.5 Å². The molecule has 0 aromatic heterocycles. The van der Waals surface area contributed by atoms with Crippen LogP contribution in [0, 0.1) is 0 Å². The molecule has 1 aromatic rings. The van der Waals surface area contributed by atoms with Crippen LogP contribution in [0.15, 0.2) is 24.3 Å². The van der Waals surface area contributed by atoms with E-state index < -0.39 is 0 Å². The molecule has 1 fully saturated rings. The number of hydrogen-bond donors (Lipinski definition) is 2. The number of urea groups is 1. The monoisotopic (exact) mass is 219 g/mol. The fourth-order valence-corrected chi connectivity index (χ4v) is 2.00. The Kier molecular flexibility index (Phi) is 3.10. The quantitative estimate of drug-likeness (QED) is 0.800. The highest BCUT2D eigenvalue weighted by Crippen LogP contribution is 2.22. The molecule has 4 nitrogen and oxygen atoms in total. The van der Waals surface area contributed by atoms with Crippen LogP contribution in [-0.4, -0.2) is 25.2 Å². The number of hydrogen-bond acceptors (Lipinski definition) is 2. The average Bonchev–Trinajstić information content (AvgIpc) is 2.64. The number of para-hydroxylation sites is 1. The molecule has 1 unspecified atom stereocenters. The van der Waals surface area contributed by atoms with Gasteiger partial charge in [-0.1, -0.05) is 18.2 Å². The van der Waals surface area contributed by atoms with Crippen LogP contribution >= 0.6 is 0 Å². The molecule has 2 rings (SSSR count). The predicted octanol–water partition coefficient (Wildman–Crippen LogP) is 1.11. The lowest BCUT2D eigenvalue weighted by Gasteiger charge is -2.19. The van der Waals surface area contributed by atoms with Crippen LogP contribution in [0.1, 0.15) is 12.5 Å². The van der Waals surface area contributed by atoms with E-state index >= 15 is 0 Å². The molecular weight excluding hydrogens is 202 g/mol. The lowest BCUT2D eigenvalue weighted by Crippen LogP contribution is -2.29. The van der Waals surface area contributed by atoms with Gasteiger partial charge in [0.25, 0.3) is 0 Å². The molecule has 0 aliphatic carbocycles. The number of anilines is 1. The van der Waals surface area contributed by atoms with Gasteiger partial charge in [0.05, 0.1) is 0 Å². The average molecular weight is 219 g/mol. The van der Waals surface area contributed by atoms with Crippen LogP contribution < -0.4 is 16.0 Å². The van der Waals surface area contributed by atoms with Crippen LogP contribution in [-0.2, 0) is 6.42 Å². The first-order chi connectivity index (χ1) is 7.68. The molecule has 16 heavy (non-hydrogen) atoms. The van der Waals surface area contributed by atoms with Gasteiger partial charge in [-0.15, -0.1) is 0 Å². The van der Waals surface area contributed by atoms with Crippen molar-refractivity contribution in [1.29, 1.82) is 0 Å². The van der Waals surface area contributed by atoms with Gasteiger partial charge in [0, 0.05) is 24.8 Å². The summed E-state index contributed by atoms with van der Waals surface area (Å²) in [6, 6.07) is 8.03. The van der Waals surface area contributed by atoms with Gasteiger partial charge < -0.3 is 11.1 Å². The van der Waals surface area contributed by atoms with Crippen LogP contribution in [0.25, 0.3) is 0 Å². The van der Waals surface area contributed by atoms with E-state index in [0.29, 0.717) is 6.54 Å². The Morgan fingerprint density at radius 1 is 1.50 bits per heavy atom. The normalized spacial score (nSPS) is 17.4. The van der Waals surface area contributed by atoms with E-state index in [9.17, 15) is 4.79 Å². The molecule has 1 aliphatic heterocycles. The first-order valence-corrected chi connectivity index (χ1v) is 5.57. The second kappa shape index (κ2) is 4.53. The molecule has 1 aliphatic rings. The maximum absolute atomic E-state index is 11.6. The zero-order valence-corrected chi connectivity index (χ0v) is 9.44. The molecular formula is C12H17N3O. The van der Waals surface area contributed by atoms with Gasteiger partial charge in [-0.3, -0.25) is 4.90 Å². The Morgan fingerprint density at radius 2 is 2.25 bits per heavy atom. The summed E-state index contributed by atoms with van der Waals surface area (Å²) < 4.78 is 0. The summed E-state index contributed by atoms with van der Waals surface area (Å²) in [5.74, 6) is 0. The number of nitrogens with two attached hydrogens (primary N) is 1. The Bertz CT molecular complexity index is 390. The molecule has 0 bridgehead atoms. The van der Waals surface area contributed by atoms with Crippen molar-refractivity contribution >= 4 is 11.7 Å². The summed E-state index contributed by atoms with van der Waals surface area (Å²) in [6.07, 6.45) is 0.792. The van der Waals surface area contributed by atoms with Gasteiger partial charge in [0.1, 0.15) is 0 Å². The number of nitrogens with zero attached hydrogens (tertiary/aromatic N) is 1. The molecule has 3 N–H and O–H groups in total. The van der Waals surface area contributed by atoms with Gasteiger partial charge in [0.2, 0.25) is 0 Å². The molecule has 1 heterocycles. The third-order valence-electron chi connectivity index (χ3n) is 2.68. The molecule has 1 aromatic carbocycles. The third-order valence-corrected chi connectivity index (χ3v) is 2.68. The van der Waals surface area contributed by atoms with Gasteiger partial charge in [-0.2, -0.15) is 0 Å². The van der Waals surface area contributed by atoms with Crippen LogP contribution in [0.5, 0.6) is 0 Å². The molecule has 2 amide bonds. The van der Waals surface area contributed by atoms with Gasteiger partial charge in [0.15, 0.2) is 0 Å². The Morgan fingerprint density at radius 3 is 2.88 bits per heavy atom. The summed E-state index contributed by atoms with van der Waals surface area (Å²) >= 11 is 0. The summed E-state index contributed by atoms with van der Waals surface area (Å²) in [6.45, 7) is 3.42. The first-order valence-electron chi connectivity index (χ1n) is 5.57. The number of rotatable bonds is 3. The fraction of sp³-hybridized carbons (Fsp3) is 0.417. The minimum absolute atomic E-state index is 0.0166. The minimum Gasteiger partial charge on any atom is -0.336 e. The smallest absolute Gasteiger partial charge is 0.322 e. The standard InChI is InChI=1S/C12H17N3O/c1-9(13)8-10-4-2-3-5-11(10)15-7-6-14-12(15)16/h2-5,9H,6-8,13H2,1H3,(H,14,16). The van der Waals surface area contributed by atoms with E-state index in [4.69, 9.17) is 5.73 Å². The van der Waals surface area contributed by atoms with E-state index in [1.807, 2.05) is 31.2 Å². The molecule has 1 atom stereocenters. The predicted molar refractivity (Wildman–Crippen MR) is 64.5 cm³/mol. The highest BCUT2D eigenvalue weighted by atomic mass is 16.2. The fourth-order valence-electron chi connectivity index (χ4n) is 2.00. The Hall–Kier alpha value is -1.55. The zero-order chi connectivity index (χ0) is 11.5. The van der Waals surface area contributed by atoms with Crippen molar-refractivity contribution in [3.63, 3.8) is 0 Å². The second-order valence-corrected chi connectivity index (χ2v) is 4.19. The number of amides is 2. The minimum atomic E-state index is -0.0166. The summed E-state index contributed by atoms with van der Waals surface area (Å²) in [4.78, 5) is 13.4. The molecule has 0 spiro atoms. The molecule has 4 heteroatoms. The number of benzene rings is 1. The largest absolute Gasteiger partial charge is 0.336 e. The van der Waals surface area contributed by atoms with Crippen molar-refractivity contribution in [3.05, 3.63) is 29.8 Å². The van der Waals surface area contributed by atoms with Crippen LogP contribution in [0.3, 0.4) is 0 Å². The van der Waals surface area contributed by atoms with Crippen molar-refractivity contribution in [3.8, 4) is 0 Å². The van der Waals surface area contributed by atoms with Gasteiger partial charge >= 0.3 is 6.03 Å². The van der Waals surface area contributed by atoms with E-state index in [1.165, 1.54) is 0 Å². The van der Waals surface area contributed by atoms with Crippen molar-refractivity contribution in [2.45, 2.75) is 19.4 Å². The van der Waals surface area contributed by atoms with Crippen LogP contribution in [0.2, 0.25) is 0 Å². The summed E-state index contributed by atoms with van der Waals surface area (Å²) in [5, 5.41) is 2.80. The van der Waals surface area contributed by atoms with Gasteiger partial charge in [-0.05, 0) is 25.0 Å². The second-order valence-electron chi connectivity index (χ2n) is 4.19. The maximum Gasteiger partial charge on any atom is 0.322 e. The van der Waals surface area contributed by atoms with E-state index in [2.05, 4.69) is 5.32 Å². The molecule has 0 saturated carbocycles. The van der Waals surface area contributed by atoms with Crippen molar-refractivity contribution in [1.82, 2.24) is 5.32 Å². The van der Waals surface area contributed by atoms with Crippen molar-refractivity contribution in [2.24, 2.45) is 5.73 Å². The lowest BCUT2D eigenvalue weighted by atomic mass is 10.0. The third kappa shape index (κ3) is 2.17.